The first kappa shape index (κ1) is 20.1. The zero-order chi connectivity index (χ0) is 22.5. The number of nitrogens with zero attached hydrogens (tertiary/aromatic N) is 5. The third-order valence-corrected chi connectivity index (χ3v) is 6.98. The first-order valence-electron chi connectivity index (χ1n) is 10.9. The predicted molar refractivity (Wildman–Crippen MR) is 119 cm³/mol. The van der Waals surface area contributed by atoms with Crippen LogP contribution >= 0.6 is 11.6 Å². The Kier molecular flexibility index (Phi) is 4.75. The fourth-order valence-corrected chi connectivity index (χ4v) is 5.43. The van der Waals surface area contributed by atoms with Gasteiger partial charge in [-0.3, -0.25) is 9.89 Å². The van der Waals surface area contributed by atoms with Crippen molar-refractivity contribution in [2.24, 2.45) is 17.8 Å². The number of nitrogens with one attached hydrogen (secondary N) is 2. The number of H-pyrrole nitrogens is 1. The zero-order valence-electron chi connectivity index (χ0n) is 17.4. The molecule has 168 valence electrons. The number of anilines is 1. The van der Waals surface area contributed by atoms with E-state index in [0.29, 0.717) is 45.1 Å². The SMILES string of the molecule is O=C(O)[C@@H]1C2CCC(CC2)[C@H]1Nc1nc(-c2ccco2)nc(-c2[nH]nc3ncc(Cl)cc23)n1. The summed E-state index contributed by atoms with van der Waals surface area (Å²) in [7, 11) is 0. The van der Waals surface area contributed by atoms with Gasteiger partial charge >= 0.3 is 5.97 Å². The van der Waals surface area contributed by atoms with Crippen LogP contribution in [0.25, 0.3) is 34.1 Å². The van der Waals surface area contributed by atoms with E-state index < -0.39 is 11.9 Å². The second-order valence-electron chi connectivity index (χ2n) is 8.62. The van der Waals surface area contributed by atoms with Gasteiger partial charge in [0.25, 0.3) is 0 Å². The third kappa shape index (κ3) is 3.50. The number of halogens is 1. The number of carbonyl (C=O) groups is 1. The Balaban J connectivity index is 1.45. The minimum atomic E-state index is -0.775. The molecule has 3 fully saturated rings. The molecule has 0 saturated heterocycles. The fraction of sp³-hybridized carbons (Fsp3) is 0.364. The van der Waals surface area contributed by atoms with Crippen LogP contribution in [0.4, 0.5) is 5.95 Å². The smallest absolute Gasteiger partial charge is 0.308 e. The Morgan fingerprint density at radius 2 is 1.94 bits per heavy atom. The van der Waals surface area contributed by atoms with Crippen molar-refractivity contribution in [3.05, 3.63) is 35.7 Å². The van der Waals surface area contributed by atoms with E-state index in [1.54, 1.807) is 24.5 Å². The molecule has 11 heteroatoms. The van der Waals surface area contributed by atoms with Crippen molar-refractivity contribution in [2.75, 3.05) is 5.32 Å². The molecule has 3 aliphatic rings. The van der Waals surface area contributed by atoms with E-state index in [2.05, 4.69) is 35.5 Å². The highest BCUT2D eigenvalue weighted by Gasteiger charge is 2.47. The molecule has 0 aromatic carbocycles. The molecule has 7 rings (SSSR count). The van der Waals surface area contributed by atoms with E-state index >= 15 is 0 Å². The van der Waals surface area contributed by atoms with Crippen LogP contribution in [0.15, 0.2) is 35.1 Å². The Bertz CT molecular complexity index is 1330. The van der Waals surface area contributed by atoms with Crippen molar-refractivity contribution in [1.82, 2.24) is 30.1 Å². The monoisotopic (exact) mass is 465 g/mol. The lowest BCUT2D eigenvalue weighted by Gasteiger charge is -2.46. The summed E-state index contributed by atoms with van der Waals surface area (Å²) in [6, 6.07) is 5.01. The number of aliphatic carboxylic acids is 1. The van der Waals surface area contributed by atoms with Crippen LogP contribution in [-0.4, -0.2) is 47.3 Å². The summed E-state index contributed by atoms with van der Waals surface area (Å²) in [5, 5.41) is 21.6. The minimum absolute atomic E-state index is 0.167. The Morgan fingerprint density at radius 3 is 2.70 bits per heavy atom. The lowest BCUT2D eigenvalue weighted by atomic mass is 9.61. The molecule has 0 spiro atoms. The predicted octanol–water partition coefficient (Wildman–Crippen LogP) is 4.02. The summed E-state index contributed by atoms with van der Waals surface area (Å²) in [4.78, 5) is 30.1. The summed E-state index contributed by atoms with van der Waals surface area (Å²) in [5.41, 5.74) is 1.03. The largest absolute Gasteiger partial charge is 0.481 e. The van der Waals surface area contributed by atoms with Crippen LogP contribution in [0.2, 0.25) is 5.02 Å². The summed E-state index contributed by atoms with van der Waals surface area (Å²) in [6.07, 6.45) is 6.98. The lowest BCUT2D eigenvalue weighted by molar-refractivity contribution is -0.148. The van der Waals surface area contributed by atoms with E-state index in [9.17, 15) is 9.90 Å². The summed E-state index contributed by atoms with van der Waals surface area (Å²) < 4.78 is 5.52. The number of aromatic nitrogens is 6. The number of aromatic amines is 1. The van der Waals surface area contributed by atoms with Crippen molar-refractivity contribution >= 4 is 34.6 Å². The number of rotatable bonds is 5. The second kappa shape index (κ2) is 7.80. The van der Waals surface area contributed by atoms with Crippen LogP contribution in [0.3, 0.4) is 0 Å². The van der Waals surface area contributed by atoms with E-state index in [1.165, 1.54) is 6.20 Å². The highest BCUT2D eigenvalue weighted by molar-refractivity contribution is 6.31. The number of furan rings is 1. The van der Waals surface area contributed by atoms with E-state index in [0.717, 1.165) is 25.7 Å². The molecule has 3 aliphatic carbocycles. The van der Waals surface area contributed by atoms with Gasteiger partial charge in [0, 0.05) is 12.2 Å². The van der Waals surface area contributed by atoms with Crippen LogP contribution < -0.4 is 5.32 Å². The topological polar surface area (TPSA) is 143 Å². The summed E-state index contributed by atoms with van der Waals surface area (Å²) in [5.74, 6) is 0.620. The Hall–Kier alpha value is -3.53. The van der Waals surface area contributed by atoms with Gasteiger partial charge in [0.1, 0.15) is 5.69 Å². The highest BCUT2D eigenvalue weighted by atomic mass is 35.5. The first-order chi connectivity index (χ1) is 16.1. The molecule has 3 saturated carbocycles. The molecule has 0 aliphatic heterocycles. The standard InChI is InChI=1S/C22H20ClN7O3/c23-12-8-13-17(29-30-18(13)24-9-12)20-26-19(14-2-1-7-33-14)27-22(28-20)25-16-11-5-3-10(4-6-11)15(16)21(31)32/h1-2,7-11,15-16H,3-6H2,(H,31,32)(H,24,29,30)(H,25,26,27,28)/t10?,11?,15-,16-/m1/s1. The summed E-state index contributed by atoms with van der Waals surface area (Å²) in [6.45, 7) is 0. The van der Waals surface area contributed by atoms with E-state index in [4.69, 9.17) is 16.0 Å². The van der Waals surface area contributed by atoms with Crippen molar-refractivity contribution in [3.63, 3.8) is 0 Å². The molecule has 4 aromatic heterocycles. The third-order valence-electron chi connectivity index (χ3n) is 6.78. The van der Waals surface area contributed by atoms with Gasteiger partial charge in [0.05, 0.1) is 22.6 Å². The van der Waals surface area contributed by atoms with Gasteiger partial charge < -0.3 is 14.8 Å². The molecular weight excluding hydrogens is 446 g/mol. The molecule has 4 aromatic rings. The van der Waals surface area contributed by atoms with Crippen molar-refractivity contribution in [3.8, 4) is 23.1 Å². The average molecular weight is 466 g/mol. The van der Waals surface area contributed by atoms with E-state index in [1.807, 2.05) is 0 Å². The minimum Gasteiger partial charge on any atom is -0.481 e. The Labute approximate surface area is 192 Å². The van der Waals surface area contributed by atoms with E-state index in [-0.39, 0.29) is 17.9 Å². The maximum atomic E-state index is 12.1. The number of pyridine rings is 1. The van der Waals surface area contributed by atoms with Crippen LogP contribution in [0, 0.1) is 17.8 Å². The number of fused-ring (bicyclic) bond motifs is 4. The molecule has 0 amide bonds. The molecule has 2 bridgehead atoms. The molecule has 0 radical (unpaired) electrons. The van der Waals surface area contributed by atoms with Crippen molar-refractivity contribution < 1.29 is 14.3 Å². The van der Waals surface area contributed by atoms with Crippen LogP contribution in [0.5, 0.6) is 0 Å². The van der Waals surface area contributed by atoms with Gasteiger partial charge in [0.2, 0.25) is 11.8 Å². The maximum Gasteiger partial charge on any atom is 0.308 e. The lowest BCUT2D eigenvalue weighted by Crippen LogP contribution is -2.51. The molecule has 33 heavy (non-hydrogen) atoms. The second-order valence-corrected chi connectivity index (χ2v) is 9.05. The molecular formula is C22H20ClN7O3. The molecule has 4 heterocycles. The number of carboxylic acids is 1. The van der Waals surface area contributed by atoms with Gasteiger partial charge in [0.15, 0.2) is 17.2 Å². The molecule has 10 nitrogen and oxygen atoms in total. The average Bonchev–Trinajstić information content (AvgIpc) is 3.49. The van der Waals surface area contributed by atoms with Gasteiger partial charge in [-0.1, -0.05) is 11.6 Å². The fourth-order valence-electron chi connectivity index (χ4n) is 5.27. The number of carboxylic acid groups (broad SMARTS) is 1. The van der Waals surface area contributed by atoms with Crippen LogP contribution in [-0.2, 0) is 4.79 Å². The molecule has 0 unspecified atom stereocenters. The van der Waals surface area contributed by atoms with Crippen molar-refractivity contribution in [2.45, 2.75) is 31.7 Å². The van der Waals surface area contributed by atoms with Crippen molar-refractivity contribution in [1.29, 1.82) is 0 Å². The van der Waals surface area contributed by atoms with Gasteiger partial charge in [-0.25, -0.2) is 9.97 Å². The summed E-state index contributed by atoms with van der Waals surface area (Å²) >= 11 is 6.15. The molecule has 3 N–H and O–H groups in total. The Morgan fingerprint density at radius 1 is 1.15 bits per heavy atom. The van der Waals surface area contributed by atoms with Gasteiger partial charge in [-0.2, -0.15) is 15.1 Å². The first-order valence-corrected chi connectivity index (χ1v) is 11.2. The molecule has 2 atom stereocenters. The number of hydrogen-bond acceptors (Lipinski definition) is 8. The van der Waals surface area contributed by atoms with Gasteiger partial charge in [-0.15, -0.1) is 0 Å². The highest BCUT2D eigenvalue weighted by Crippen LogP contribution is 2.46. The van der Waals surface area contributed by atoms with Crippen LogP contribution in [0.1, 0.15) is 25.7 Å². The maximum absolute atomic E-state index is 12.1. The quantitative estimate of drug-likeness (QED) is 0.398. The normalized spacial score (nSPS) is 24.3. The van der Waals surface area contributed by atoms with Gasteiger partial charge in [-0.05, 0) is 55.7 Å². The number of hydrogen-bond donors (Lipinski definition) is 3. The zero-order valence-corrected chi connectivity index (χ0v) is 18.2.